The van der Waals surface area contributed by atoms with Gasteiger partial charge in [-0.2, -0.15) is 0 Å². The van der Waals surface area contributed by atoms with E-state index in [9.17, 15) is 19.2 Å². The molecule has 3 N–H and O–H groups in total. The summed E-state index contributed by atoms with van der Waals surface area (Å²) in [5.41, 5.74) is 3.38. The predicted molar refractivity (Wildman–Crippen MR) is 174 cm³/mol. The number of anilines is 1. The number of aromatic nitrogens is 3. The highest BCUT2D eigenvalue weighted by molar-refractivity contribution is 6.36. The standard InChI is InChI=1S/C33H33ClN6O6/c1-17-19(7-6-10-23(17)37-30(42)22-15-39(2)33(44)40(3)32(22)43)20-8-5-9-21(29(20)34)24-13-26-28(31(38-24)45-4)25(16-46-26)35-14-18-11-12-27(41)36-18/h5-10,13,15,18,25,35H,11-12,14,16H2,1-4H3,(H,36,41)(H,37,42)/t18-,25+/m0/s1. The van der Waals surface area contributed by atoms with Crippen LogP contribution in [-0.2, 0) is 18.9 Å². The zero-order chi connectivity index (χ0) is 32.7. The first-order valence-corrected chi connectivity index (χ1v) is 15.2. The molecule has 2 atom stereocenters. The molecule has 0 bridgehead atoms. The lowest BCUT2D eigenvalue weighted by molar-refractivity contribution is -0.119. The number of ether oxygens (including phenoxy) is 2. The van der Waals surface area contributed by atoms with Crippen LogP contribution in [0.15, 0.2) is 58.3 Å². The van der Waals surface area contributed by atoms with E-state index in [-0.39, 0.29) is 23.6 Å². The second kappa shape index (κ2) is 12.5. The third kappa shape index (κ3) is 5.65. The molecule has 0 saturated carbocycles. The maximum Gasteiger partial charge on any atom is 0.330 e. The zero-order valence-electron chi connectivity index (χ0n) is 25.8. The van der Waals surface area contributed by atoms with Crippen molar-refractivity contribution in [2.24, 2.45) is 14.1 Å². The molecule has 0 aliphatic carbocycles. The summed E-state index contributed by atoms with van der Waals surface area (Å²) in [5.74, 6) is 0.496. The minimum Gasteiger partial charge on any atom is -0.491 e. The van der Waals surface area contributed by atoms with Crippen LogP contribution in [0.25, 0.3) is 22.4 Å². The van der Waals surface area contributed by atoms with E-state index in [1.54, 1.807) is 19.2 Å². The van der Waals surface area contributed by atoms with Crippen molar-refractivity contribution in [1.82, 2.24) is 24.8 Å². The third-order valence-corrected chi connectivity index (χ3v) is 8.87. The number of hydrogen-bond acceptors (Lipinski definition) is 8. The highest BCUT2D eigenvalue weighted by Gasteiger charge is 2.32. The summed E-state index contributed by atoms with van der Waals surface area (Å²) < 4.78 is 13.8. The molecule has 238 valence electrons. The van der Waals surface area contributed by atoms with Gasteiger partial charge < -0.3 is 30.0 Å². The van der Waals surface area contributed by atoms with Crippen molar-refractivity contribution in [3.8, 4) is 34.0 Å². The smallest absolute Gasteiger partial charge is 0.330 e. The van der Waals surface area contributed by atoms with Crippen LogP contribution in [0.2, 0.25) is 5.02 Å². The Morgan fingerprint density at radius 3 is 2.61 bits per heavy atom. The second-order valence-corrected chi connectivity index (χ2v) is 11.8. The van der Waals surface area contributed by atoms with Gasteiger partial charge in [-0.3, -0.25) is 19.0 Å². The van der Waals surface area contributed by atoms with Crippen molar-refractivity contribution in [3.05, 3.63) is 91.2 Å². The van der Waals surface area contributed by atoms with Crippen molar-refractivity contribution < 1.29 is 19.1 Å². The molecule has 0 unspecified atom stereocenters. The van der Waals surface area contributed by atoms with Gasteiger partial charge in [-0.05, 0) is 30.5 Å². The molecule has 2 aromatic heterocycles. The van der Waals surface area contributed by atoms with Crippen LogP contribution in [0.4, 0.5) is 5.69 Å². The topological polar surface area (TPSA) is 146 Å². The highest BCUT2D eigenvalue weighted by Crippen LogP contribution is 2.44. The number of amides is 2. The fourth-order valence-electron chi connectivity index (χ4n) is 5.93. The summed E-state index contributed by atoms with van der Waals surface area (Å²) in [6.45, 7) is 2.86. The van der Waals surface area contributed by atoms with Crippen LogP contribution < -0.4 is 36.7 Å². The van der Waals surface area contributed by atoms with Crippen LogP contribution in [0.3, 0.4) is 0 Å². The number of rotatable bonds is 8. The lowest BCUT2D eigenvalue weighted by atomic mass is 9.96. The zero-order valence-corrected chi connectivity index (χ0v) is 26.5. The minimum absolute atomic E-state index is 0.0675. The van der Waals surface area contributed by atoms with Gasteiger partial charge in [0.2, 0.25) is 11.8 Å². The number of nitrogens with zero attached hydrogens (tertiary/aromatic N) is 3. The fourth-order valence-corrected chi connectivity index (χ4v) is 6.25. The Bertz CT molecular complexity index is 2000. The molecule has 0 radical (unpaired) electrons. The van der Waals surface area contributed by atoms with Crippen LogP contribution >= 0.6 is 11.6 Å². The average Bonchev–Trinajstić information content (AvgIpc) is 3.66. The van der Waals surface area contributed by atoms with E-state index < -0.39 is 17.2 Å². The molecule has 13 heteroatoms. The summed E-state index contributed by atoms with van der Waals surface area (Å²) in [4.78, 5) is 54.2. The molecule has 2 amide bonds. The Hall–Kier alpha value is -4.94. The van der Waals surface area contributed by atoms with E-state index in [1.807, 2.05) is 37.3 Å². The van der Waals surface area contributed by atoms with Gasteiger partial charge in [-0.15, -0.1) is 0 Å². The van der Waals surface area contributed by atoms with Crippen molar-refractivity contribution >= 4 is 29.1 Å². The van der Waals surface area contributed by atoms with Gasteiger partial charge in [0.25, 0.3) is 11.5 Å². The van der Waals surface area contributed by atoms with Gasteiger partial charge in [0.05, 0.1) is 29.4 Å². The number of aryl methyl sites for hydroxylation is 1. The first kappa shape index (κ1) is 31.1. The number of carbonyl (C=O) groups is 2. The second-order valence-electron chi connectivity index (χ2n) is 11.4. The van der Waals surface area contributed by atoms with Crippen molar-refractivity contribution in [2.75, 3.05) is 25.6 Å². The Kier molecular flexibility index (Phi) is 8.41. The number of carbonyl (C=O) groups excluding carboxylic acids is 2. The van der Waals surface area contributed by atoms with Gasteiger partial charge in [0, 0.05) is 62.2 Å². The maximum absolute atomic E-state index is 13.1. The number of hydrogen-bond donors (Lipinski definition) is 3. The van der Waals surface area contributed by atoms with Crippen molar-refractivity contribution in [3.63, 3.8) is 0 Å². The number of halogens is 1. The molecule has 46 heavy (non-hydrogen) atoms. The van der Waals surface area contributed by atoms with Crippen molar-refractivity contribution in [1.29, 1.82) is 0 Å². The Morgan fingerprint density at radius 1 is 1.13 bits per heavy atom. The molecule has 6 rings (SSSR count). The van der Waals surface area contributed by atoms with Gasteiger partial charge >= 0.3 is 5.69 Å². The van der Waals surface area contributed by atoms with Gasteiger partial charge in [0.15, 0.2) is 0 Å². The van der Waals surface area contributed by atoms with E-state index >= 15 is 0 Å². The monoisotopic (exact) mass is 644 g/mol. The van der Waals surface area contributed by atoms with E-state index in [0.29, 0.717) is 58.7 Å². The predicted octanol–water partition coefficient (Wildman–Crippen LogP) is 3.34. The molecule has 2 aromatic carbocycles. The number of pyridine rings is 1. The minimum atomic E-state index is -0.684. The molecule has 12 nitrogen and oxygen atoms in total. The van der Waals surface area contributed by atoms with E-state index in [4.69, 9.17) is 26.1 Å². The van der Waals surface area contributed by atoms with E-state index in [2.05, 4.69) is 16.0 Å². The third-order valence-electron chi connectivity index (χ3n) is 8.47. The van der Waals surface area contributed by atoms with Crippen LogP contribution in [-0.4, -0.2) is 52.2 Å². The van der Waals surface area contributed by atoms with E-state index in [1.165, 1.54) is 24.9 Å². The summed E-state index contributed by atoms with van der Waals surface area (Å²) >= 11 is 7.05. The molecule has 4 heterocycles. The molecule has 2 aliphatic heterocycles. The van der Waals surface area contributed by atoms with E-state index in [0.717, 1.165) is 27.7 Å². The van der Waals surface area contributed by atoms with Crippen molar-refractivity contribution in [2.45, 2.75) is 31.8 Å². The number of nitrogens with one attached hydrogen (secondary N) is 3. The Morgan fingerprint density at radius 2 is 1.87 bits per heavy atom. The van der Waals surface area contributed by atoms with Gasteiger partial charge in [-0.1, -0.05) is 41.9 Å². The normalized spacial score (nSPS) is 16.9. The van der Waals surface area contributed by atoms with Gasteiger partial charge in [-0.25, -0.2) is 9.78 Å². The first-order chi connectivity index (χ1) is 22.1. The lowest BCUT2D eigenvalue weighted by Gasteiger charge is -2.18. The Labute approximate surface area is 269 Å². The lowest BCUT2D eigenvalue weighted by Crippen LogP contribution is -2.40. The summed E-state index contributed by atoms with van der Waals surface area (Å²) in [6, 6.07) is 12.8. The Balaban J connectivity index is 1.29. The fraction of sp³-hybridized carbons (Fsp3) is 0.303. The maximum atomic E-state index is 13.1. The molecule has 1 fully saturated rings. The summed E-state index contributed by atoms with van der Waals surface area (Å²) in [6.07, 6.45) is 2.56. The van der Waals surface area contributed by atoms with Crippen LogP contribution in [0, 0.1) is 6.92 Å². The molecular weight excluding hydrogens is 612 g/mol. The average molecular weight is 645 g/mol. The number of fused-ring (bicyclic) bond motifs is 1. The number of benzene rings is 2. The van der Waals surface area contributed by atoms with Crippen LogP contribution in [0.5, 0.6) is 11.6 Å². The summed E-state index contributed by atoms with van der Waals surface area (Å²) in [7, 11) is 4.37. The first-order valence-electron chi connectivity index (χ1n) is 14.8. The van der Waals surface area contributed by atoms with Crippen LogP contribution in [0.1, 0.15) is 40.4 Å². The summed E-state index contributed by atoms with van der Waals surface area (Å²) in [5, 5.41) is 9.70. The molecule has 0 spiro atoms. The highest BCUT2D eigenvalue weighted by atomic mass is 35.5. The quantitative estimate of drug-likeness (QED) is 0.265. The number of methoxy groups -OCH3 is 1. The molecule has 4 aromatic rings. The molecule has 2 aliphatic rings. The molecule has 1 saturated heterocycles. The van der Waals surface area contributed by atoms with Gasteiger partial charge in [0.1, 0.15) is 17.9 Å². The molecular formula is C33H33ClN6O6. The largest absolute Gasteiger partial charge is 0.491 e. The SMILES string of the molecule is COc1nc(-c2cccc(-c3cccc(NC(=O)c4cn(C)c(=O)n(C)c4=O)c3C)c2Cl)cc2c1[C@H](NC[C@@H]1CCC(=O)N1)CO2.